The molecule has 0 radical (unpaired) electrons. The number of alkyl halides is 2. The predicted octanol–water partition coefficient (Wildman–Crippen LogP) is 3.50. The van der Waals surface area contributed by atoms with E-state index in [0.29, 0.717) is 5.56 Å². The fourth-order valence-electron chi connectivity index (χ4n) is 2.84. The van der Waals surface area contributed by atoms with Gasteiger partial charge in [-0.25, -0.2) is 4.39 Å². The van der Waals surface area contributed by atoms with Crippen molar-refractivity contribution < 1.29 is 32.2 Å². The van der Waals surface area contributed by atoms with Gasteiger partial charge in [0.25, 0.3) is 0 Å². The SMILES string of the molecule is COc1ccc(NC(=O)C2CC(=O)Nc3cc(F)ccc32)cc1OC(F)F. The lowest BCUT2D eigenvalue weighted by Gasteiger charge is -2.25. The van der Waals surface area contributed by atoms with Crippen LogP contribution in [-0.2, 0) is 9.59 Å². The second-order valence-corrected chi connectivity index (χ2v) is 5.77. The molecule has 2 aromatic rings. The summed E-state index contributed by atoms with van der Waals surface area (Å²) in [6.07, 6.45) is -0.124. The largest absolute Gasteiger partial charge is 0.493 e. The Morgan fingerprint density at radius 3 is 2.70 bits per heavy atom. The molecule has 1 aliphatic heterocycles. The van der Waals surface area contributed by atoms with Gasteiger partial charge in [0.05, 0.1) is 13.0 Å². The second-order valence-electron chi connectivity index (χ2n) is 5.77. The molecule has 1 atom stereocenters. The number of ether oxygens (including phenoxy) is 2. The van der Waals surface area contributed by atoms with E-state index in [9.17, 15) is 22.8 Å². The quantitative estimate of drug-likeness (QED) is 0.833. The lowest BCUT2D eigenvalue weighted by molar-refractivity contribution is -0.123. The fourth-order valence-corrected chi connectivity index (χ4v) is 2.84. The standard InChI is InChI=1S/C18H15F3N2O4/c1-26-14-5-3-10(7-15(14)27-18(20)21)22-17(25)12-8-16(24)23-13-6-9(19)2-4-11(12)13/h2-7,12,18H,8H2,1H3,(H,22,25)(H,23,24). The average molecular weight is 380 g/mol. The molecule has 0 aliphatic carbocycles. The lowest BCUT2D eigenvalue weighted by Crippen LogP contribution is -2.30. The van der Waals surface area contributed by atoms with Gasteiger partial charge in [-0.2, -0.15) is 8.78 Å². The number of methoxy groups -OCH3 is 1. The number of rotatable bonds is 5. The molecule has 1 aliphatic rings. The number of carbonyl (C=O) groups is 2. The van der Waals surface area contributed by atoms with Crippen molar-refractivity contribution in [3.63, 3.8) is 0 Å². The van der Waals surface area contributed by atoms with Gasteiger partial charge in [0, 0.05) is 23.9 Å². The molecule has 0 aromatic heterocycles. The Bertz CT molecular complexity index is 889. The maximum atomic E-state index is 13.4. The highest BCUT2D eigenvalue weighted by Crippen LogP contribution is 2.35. The summed E-state index contributed by atoms with van der Waals surface area (Å²) in [5, 5.41) is 5.08. The number of halogens is 3. The zero-order chi connectivity index (χ0) is 19.6. The highest BCUT2D eigenvalue weighted by molar-refractivity contribution is 6.05. The minimum Gasteiger partial charge on any atom is -0.493 e. The van der Waals surface area contributed by atoms with Gasteiger partial charge in [-0.15, -0.1) is 0 Å². The first kappa shape index (κ1) is 18.6. The Kier molecular flexibility index (Phi) is 5.20. The Labute approximate surface area is 152 Å². The summed E-state index contributed by atoms with van der Waals surface area (Å²) in [4.78, 5) is 24.5. The maximum Gasteiger partial charge on any atom is 0.387 e. The topological polar surface area (TPSA) is 76.7 Å². The average Bonchev–Trinajstić information content (AvgIpc) is 2.60. The third-order valence-electron chi connectivity index (χ3n) is 4.02. The highest BCUT2D eigenvalue weighted by Gasteiger charge is 2.31. The molecule has 0 saturated carbocycles. The van der Waals surface area contributed by atoms with E-state index < -0.39 is 30.2 Å². The van der Waals surface area contributed by atoms with Crippen LogP contribution in [0.4, 0.5) is 24.5 Å². The van der Waals surface area contributed by atoms with Crippen molar-refractivity contribution in [3.8, 4) is 11.5 Å². The van der Waals surface area contributed by atoms with Crippen molar-refractivity contribution in [2.45, 2.75) is 19.0 Å². The Morgan fingerprint density at radius 1 is 1.22 bits per heavy atom. The molecule has 0 spiro atoms. The summed E-state index contributed by atoms with van der Waals surface area (Å²) < 4.78 is 47.7. The van der Waals surface area contributed by atoms with Gasteiger partial charge < -0.3 is 20.1 Å². The molecular weight excluding hydrogens is 365 g/mol. The monoisotopic (exact) mass is 380 g/mol. The van der Waals surface area contributed by atoms with Crippen LogP contribution in [0.25, 0.3) is 0 Å². The van der Waals surface area contributed by atoms with Crippen molar-refractivity contribution in [3.05, 3.63) is 47.8 Å². The number of amides is 2. The number of nitrogens with one attached hydrogen (secondary N) is 2. The van der Waals surface area contributed by atoms with E-state index in [-0.39, 0.29) is 29.3 Å². The molecule has 27 heavy (non-hydrogen) atoms. The van der Waals surface area contributed by atoms with Crippen molar-refractivity contribution in [2.75, 3.05) is 17.7 Å². The normalized spacial score (nSPS) is 15.7. The minimum absolute atomic E-state index is 0.0752. The summed E-state index contributed by atoms with van der Waals surface area (Å²) >= 11 is 0. The third-order valence-corrected chi connectivity index (χ3v) is 4.02. The van der Waals surface area contributed by atoms with Gasteiger partial charge in [0.15, 0.2) is 11.5 Å². The Balaban J connectivity index is 1.85. The third kappa shape index (κ3) is 4.13. The van der Waals surface area contributed by atoms with E-state index in [0.717, 1.165) is 6.07 Å². The zero-order valence-corrected chi connectivity index (χ0v) is 14.1. The van der Waals surface area contributed by atoms with Crippen molar-refractivity contribution in [1.29, 1.82) is 0 Å². The van der Waals surface area contributed by atoms with Gasteiger partial charge in [0.1, 0.15) is 5.82 Å². The Hall–Kier alpha value is -3.23. The lowest BCUT2D eigenvalue weighted by atomic mass is 9.89. The number of hydrogen-bond donors (Lipinski definition) is 2. The van der Waals surface area contributed by atoms with Crippen LogP contribution in [0.2, 0.25) is 0 Å². The molecule has 6 nitrogen and oxygen atoms in total. The van der Waals surface area contributed by atoms with Crippen LogP contribution in [0.3, 0.4) is 0 Å². The first-order valence-corrected chi connectivity index (χ1v) is 7.90. The van der Waals surface area contributed by atoms with Crippen molar-refractivity contribution in [2.24, 2.45) is 0 Å². The van der Waals surface area contributed by atoms with E-state index in [1.165, 1.54) is 37.4 Å². The first-order valence-electron chi connectivity index (χ1n) is 7.90. The van der Waals surface area contributed by atoms with Crippen LogP contribution >= 0.6 is 0 Å². The van der Waals surface area contributed by atoms with E-state index in [4.69, 9.17) is 4.74 Å². The van der Waals surface area contributed by atoms with Gasteiger partial charge in [-0.05, 0) is 29.8 Å². The number of hydrogen-bond acceptors (Lipinski definition) is 4. The number of benzene rings is 2. The predicted molar refractivity (Wildman–Crippen MR) is 90.6 cm³/mol. The van der Waals surface area contributed by atoms with Gasteiger partial charge in [-0.1, -0.05) is 6.07 Å². The van der Waals surface area contributed by atoms with E-state index in [1.54, 1.807) is 0 Å². The maximum absolute atomic E-state index is 13.4. The smallest absolute Gasteiger partial charge is 0.387 e. The molecule has 9 heteroatoms. The van der Waals surface area contributed by atoms with Crippen LogP contribution < -0.4 is 20.1 Å². The minimum atomic E-state index is -3.06. The summed E-state index contributed by atoms with van der Waals surface area (Å²) in [5.74, 6) is -2.52. The molecule has 0 fully saturated rings. The molecule has 1 heterocycles. The van der Waals surface area contributed by atoms with E-state index >= 15 is 0 Å². The molecule has 0 bridgehead atoms. The highest BCUT2D eigenvalue weighted by atomic mass is 19.3. The molecular formula is C18H15F3N2O4. The second kappa shape index (κ2) is 7.56. The molecule has 3 rings (SSSR count). The number of carbonyl (C=O) groups excluding carboxylic acids is 2. The first-order chi connectivity index (χ1) is 12.9. The van der Waals surface area contributed by atoms with Gasteiger partial charge in [0.2, 0.25) is 11.8 Å². The fraction of sp³-hybridized carbons (Fsp3) is 0.222. The van der Waals surface area contributed by atoms with Crippen LogP contribution in [0.1, 0.15) is 17.9 Å². The Morgan fingerprint density at radius 2 is 2.00 bits per heavy atom. The van der Waals surface area contributed by atoms with Crippen molar-refractivity contribution >= 4 is 23.2 Å². The molecule has 142 valence electrons. The van der Waals surface area contributed by atoms with Crippen LogP contribution in [0, 0.1) is 5.82 Å². The molecule has 1 unspecified atom stereocenters. The van der Waals surface area contributed by atoms with Crippen LogP contribution in [0.15, 0.2) is 36.4 Å². The summed E-state index contributed by atoms with van der Waals surface area (Å²) in [5.41, 5.74) is 0.875. The summed E-state index contributed by atoms with van der Waals surface area (Å²) in [7, 11) is 1.29. The molecule has 2 aromatic carbocycles. The molecule has 0 saturated heterocycles. The van der Waals surface area contributed by atoms with Crippen molar-refractivity contribution in [1.82, 2.24) is 0 Å². The van der Waals surface area contributed by atoms with Gasteiger partial charge in [-0.3, -0.25) is 9.59 Å². The number of fused-ring (bicyclic) bond motifs is 1. The van der Waals surface area contributed by atoms with E-state index in [1.807, 2.05) is 0 Å². The summed E-state index contributed by atoms with van der Waals surface area (Å²) in [6.45, 7) is -3.06. The molecule has 2 N–H and O–H groups in total. The molecule has 2 amide bonds. The number of anilines is 2. The van der Waals surface area contributed by atoms with Gasteiger partial charge >= 0.3 is 6.61 Å². The van der Waals surface area contributed by atoms with E-state index in [2.05, 4.69) is 15.4 Å². The zero-order valence-electron chi connectivity index (χ0n) is 14.1. The summed E-state index contributed by atoms with van der Waals surface area (Å²) in [6, 6.07) is 7.76. The van der Waals surface area contributed by atoms with Crippen LogP contribution in [0.5, 0.6) is 11.5 Å². The van der Waals surface area contributed by atoms with Crippen LogP contribution in [-0.4, -0.2) is 25.5 Å².